The number of imidazole rings is 1. The summed E-state index contributed by atoms with van der Waals surface area (Å²) in [5.74, 6) is 6.70. The van der Waals surface area contributed by atoms with E-state index in [1.165, 1.54) is 5.56 Å². The lowest BCUT2D eigenvalue weighted by Gasteiger charge is -2.15. The summed E-state index contributed by atoms with van der Waals surface area (Å²) >= 11 is 5.88. The van der Waals surface area contributed by atoms with Gasteiger partial charge in [0.25, 0.3) is 0 Å². The first-order valence-corrected chi connectivity index (χ1v) is 6.73. The Balaban J connectivity index is 1.90. The molecule has 0 spiro atoms. The van der Waals surface area contributed by atoms with Gasteiger partial charge >= 0.3 is 0 Å². The zero-order valence-electron chi connectivity index (χ0n) is 11.0. The number of hydrogen-bond donors (Lipinski definition) is 2. The third-order valence-electron chi connectivity index (χ3n) is 3.27. The number of hydrogen-bond acceptors (Lipinski definition) is 3. The second-order valence-electron chi connectivity index (χ2n) is 4.69. The van der Waals surface area contributed by atoms with Crippen LogP contribution in [0.3, 0.4) is 0 Å². The van der Waals surface area contributed by atoms with Crippen molar-refractivity contribution in [3.8, 4) is 0 Å². The fraction of sp³-hybridized carbons (Fsp3) is 0.357. The van der Waals surface area contributed by atoms with E-state index in [-0.39, 0.29) is 6.04 Å². The highest BCUT2D eigenvalue weighted by Gasteiger charge is 2.09. The minimum absolute atomic E-state index is 0.234. The quantitative estimate of drug-likeness (QED) is 0.628. The summed E-state index contributed by atoms with van der Waals surface area (Å²) in [6.45, 7) is 0. The van der Waals surface area contributed by atoms with E-state index in [4.69, 9.17) is 17.4 Å². The smallest absolute Gasteiger partial charge is 0.108 e. The van der Waals surface area contributed by atoms with E-state index in [0.717, 1.165) is 30.1 Å². The molecule has 1 atom stereocenters. The molecule has 0 aliphatic carbocycles. The predicted octanol–water partition coefficient (Wildman–Crippen LogP) is 2.08. The van der Waals surface area contributed by atoms with Gasteiger partial charge < -0.3 is 4.57 Å². The number of rotatable bonds is 6. The van der Waals surface area contributed by atoms with Crippen LogP contribution >= 0.6 is 11.6 Å². The van der Waals surface area contributed by atoms with E-state index in [1.54, 1.807) is 0 Å². The van der Waals surface area contributed by atoms with Crippen molar-refractivity contribution in [1.82, 2.24) is 15.0 Å². The number of hydrazine groups is 1. The molecule has 0 saturated heterocycles. The molecule has 1 unspecified atom stereocenters. The van der Waals surface area contributed by atoms with Gasteiger partial charge in [0.05, 0.1) is 0 Å². The molecule has 0 fully saturated rings. The van der Waals surface area contributed by atoms with Crippen molar-refractivity contribution in [3.63, 3.8) is 0 Å². The van der Waals surface area contributed by atoms with E-state index < -0.39 is 0 Å². The van der Waals surface area contributed by atoms with Gasteiger partial charge in [0.2, 0.25) is 0 Å². The van der Waals surface area contributed by atoms with Gasteiger partial charge in [0, 0.05) is 36.9 Å². The molecule has 0 aliphatic rings. The van der Waals surface area contributed by atoms with Gasteiger partial charge in [-0.2, -0.15) is 0 Å². The number of nitrogens with zero attached hydrogens (tertiary/aromatic N) is 2. The Bertz CT molecular complexity index is 506. The molecule has 0 amide bonds. The summed E-state index contributed by atoms with van der Waals surface area (Å²) in [6.07, 6.45) is 6.52. The van der Waals surface area contributed by atoms with Gasteiger partial charge in [0.15, 0.2) is 0 Å². The number of halogens is 1. The van der Waals surface area contributed by atoms with E-state index in [0.29, 0.717) is 0 Å². The average molecular weight is 279 g/mol. The third kappa shape index (κ3) is 4.06. The maximum Gasteiger partial charge on any atom is 0.108 e. The van der Waals surface area contributed by atoms with Crippen molar-refractivity contribution in [2.24, 2.45) is 12.9 Å². The second-order valence-corrected chi connectivity index (χ2v) is 5.12. The van der Waals surface area contributed by atoms with Gasteiger partial charge in [-0.1, -0.05) is 23.7 Å². The summed E-state index contributed by atoms with van der Waals surface area (Å²) in [4.78, 5) is 4.32. The van der Waals surface area contributed by atoms with Crippen molar-refractivity contribution in [1.29, 1.82) is 0 Å². The minimum Gasteiger partial charge on any atom is -0.338 e. The Morgan fingerprint density at radius 1 is 1.37 bits per heavy atom. The van der Waals surface area contributed by atoms with E-state index in [2.05, 4.69) is 10.4 Å². The highest BCUT2D eigenvalue weighted by atomic mass is 35.5. The molecule has 102 valence electrons. The van der Waals surface area contributed by atoms with Crippen LogP contribution in [-0.4, -0.2) is 15.6 Å². The molecule has 1 aromatic heterocycles. The van der Waals surface area contributed by atoms with Crippen LogP contribution in [0.2, 0.25) is 5.02 Å². The normalized spacial score (nSPS) is 12.6. The van der Waals surface area contributed by atoms with E-state index in [1.807, 2.05) is 48.3 Å². The Morgan fingerprint density at radius 3 is 2.68 bits per heavy atom. The standard InChI is InChI=1S/C14H19ClN4/c1-19-9-8-17-14(19)7-6-13(18-16)10-11-2-4-12(15)5-3-11/h2-5,8-9,13,18H,6-7,10,16H2,1H3. The molecule has 0 radical (unpaired) electrons. The Morgan fingerprint density at radius 2 is 2.11 bits per heavy atom. The predicted molar refractivity (Wildman–Crippen MR) is 77.8 cm³/mol. The molecule has 2 aromatic rings. The fourth-order valence-electron chi connectivity index (χ4n) is 2.09. The highest BCUT2D eigenvalue weighted by Crippen LogP contribution is 2.13. The van der Waals surface area contributed by atoms with Crippen molar-refractivity contribution < 1.29 is 0 Å². The lowest BCUT2D eigenvalue weighted by molar-refractivity contribution is 0.483. The van der Waals surface area contributed by atoms with Crippen LogP contribution in [0.4, 0.5) is 0 Å². The van der Waals surface area contributed by atoms with Crippen molar-refractivity contribution in [2.45, 2.75) is 25.3 Å². The first-order chi connectivity index (χ1) is 9.19. The number of nitrogens with two attached hydrogens (primary N) is 1. The average Bonchev–Trinajstić information content (AvgIpc) is 2.82. The molecule has 1 heterocycles. The topological polar surface area (TPSA) is 55.9 Å². The minimum atomic E-state index is 0.234. The molecule has 5 heteroatoms. The van der Waals surface area contributed by atoms with Gasteiger partial charge in [-0.15, -0.1) is 0 Å². The van der Waals surface area contributed by atoms with Crippen LogP contribution in [0.15, 0.2) is 36.7 Å². The maximum absolute atomic E-state index is 5.88. The lowest BCUT2D eigenvalue weighted by Crippen LogP contribution is -2.37. The molecule has 2 rings (SSSR count). The molecule has 0 aliphatic heterocycles. The van der Waals surface area contributed by atoms with Crippen LogP contribution in [0.25, 0.3) is 0 Å². The number of nitrogens with one attached hydrogen (secondary N) is 1. The van der Waals surface area contributed by atoms with E-state index >= 15 is 0 Å². The number of benzene rings is 1. The molecule has 1 aromatic carbocycles. The third-order valence-corrected chi connectivity index (χ3v) is 3.52. The lowest BCUT2D eigenvalue weighted by atomic mass is 10.0. The van der Waals surface area contributed by atoms with Gasteiger partial charge in [-0.05, 0) is 30.5 Å². The van der Waals surface area contributed by atoms with Crippen LogP contribution in [0.1, 0.15) is 17.8 Å². The fourth-order valence-corrected chi connectivity index (χ4v) is 2.22. The Kier molecular flexibility index (Phi) is 4.96. The van der Waals surface area contributed by atoms with Crippen molar-refractivity contribution in [2.75, 3.05) is 0 Å². The maximum atomic E-state index is 5.88. The molecular formula is C14H19ClN4. The van der Waals surface area contributed by atoms with Gasteiger partial charge in [-0.3, -0.25) is 11.3 Å². The molecule has 0 bridgehead atoms. The largest absolute Gasteiger partial charge is 0.338 e. The molecule has 3 N–H and O–H groups in total. The molecular weight excluding hydrogens is 260 g/mol. The zero-order chi connectivity index (χ0) is 13.7. The monoisotopic (exact) mass is 278 g/mol. The van der Waals surface area contributed by atoms with Gasteiger partial charge in [-0.25, -0.2) is 4.98 Å². The van der Waals surface area contributed by atoms with Crippen molar-refractivity contribution >= 4 is 11.6 Å². The Labute approximate surface area is 118 Å². The first-order valence-electron chi connectivity index (χ1n) is 6.36. The molecule has 0 saturated carbocycles. The first kappa shape index (κ1) is 14.1. The van der Waals surface area contributed by atoms with Crippen LogP contribution in [-0.2, 0) is 19.9 Å². The summed E-state index contributed by atoms with van der Waals surface area (Å²) in [7, 11) is 2.01. The number of aromatic nitrogens is 2. The van der Waals surface area contributed by atoms with Crippen molar-refractivity contribution in [3.05, 3.63) is 53.1 Å². The summed E-state index contributed by atoms with van der Waals surface area (Å²) < 4.78 is 2.04. The van der Waals surface area contributed by atoms with Crippen LogP contribution in [0.5, 0.6) is 0 Å². The van der Waals surface area contributed by atoms with Crippen LogP contribution in [0, 0.1) is 0 Å². The molecule has 4 nitrogen and oxygen atoms in total. The SMILES string of the molecule is Cn1ccnc1CCC(Cc1ccc(Cl)cc1)NN. The molecule has 19 heavy (non-hydrogen) atoms. The summed E-state index contributed by atoms with van der Waals surface area (Å²) in [5, 5.41) is 0.758. The number of aryl methyl sites for hydroxylation is 2. The zero-order valence-corrected chi connectivity index (χ0v) is 11.8. The van der Waals surface area contributed by atoms with Crippen LogP contribution < -0.4 is 11.3 Å². The summed E-state index contributed by atoms with van der Waals surface area (Å²) in [6, 6.07) is 8.12. The Hall–Kier alpha value is -1.36. The second kappa shape index (κ2) is 6.70. The van der Waals surface area contributed by atoms with E-state index in [9.17, 15) is 0 Å². The van der Waals surface area contributed by atoms with Gasteiger partial charge in [0.1, 0.15) is 5.82 Å². The highest BCUT2D eigenvalue weighted by molar-refractivity contribution is 6.30. The summed E-state index contributed by atoms with van der Waals surface area (Å²) in [5.41, 5.74) is 4.11.